The van der Waals surface area contributed by atoms with Crippen LogP contribution >= 0.6 is 0 Å². The summed E-state index contributed by atoms with van der Waals surface area (Å²) in [5, 5.41) is 9.88. The third-order valence-corrected chi connectivity index (χ3v) is 5.42. The molecular formula is C24H26F4N8O. The number of pyridine rings is 1. The molecule has 1 fully saturated rings. The van der Waals surface area contributed by atoms with Gasteiger partial charge in [0.25, 0.3) is 0 Å². The Morgan fingerprint density at radius 3 is 2.78 bits per heavy atom. The van der Waals surface area contributed by atoms with Crippen LogP contribution in [0.3, 0.4) is 0 Å². The van der Waals surface area contributed by atoms with E-state index >= 15 is 0 Å². The molecule has 196 valence electrons. The molecule has 1 aliphatic rings. The first-order valence-electron chi connectivity index (χ1n) is 11.6. The van der Waals surface area contributed by atoms with Crippen molar-refractivity contribution in [3.63, 3.8) is 0 Å². The van der Waals surface area contributed by atoms with E-state index in [1.165, 1.54) is 24.5 Å². The van der Waals surface area contributed by atoms with Crippen molar-refractivity contribution in [2.45, 2.75) is 19.2 Å². The summed E-state index contributed by atoms with van der Waals surface area (Å²) in [6.07, 6.45) is -0.316. The van der Waals surface area contributed by atoms with Crippen LogP contribution in [-0.4, -0.2) is 65.0 Å². The van der Waals surface area contributed by atoms with E-state index in [-0.39, 0.29) is 23.6 Å². The molecule has 2 aromatic heterocycles. The lowest BCUT2D eigenvalue weighted by Crippen LogP contribution is -2.43. The van der Waals surface area contributed by atoms with Crippen LogP contribution in [0, 0.1) is 5.82 Å². The highest BCUT2D eigenvalue weighted by atomic mass is 19.4. The third kappa shape index (κ3) is 7.82. The quantitative estimate of drug-likeness (QED) is 0.219. The Labute approximate surface area is 211 Å². The first kappa shape index (κ1) is 26.2. The summed E-state index contributed by atoms with van der Waals surface area (Å²) in [6.45, 7) is 5.58. The van der Waals surface area contributed by atoms with Crippen LogP contribution in [0.1, 0.15) is 18.2 Å². The van der Waals surface area contributed by atoms with Gasteiger partial charge in [-0.3, -0.25) is 9.88 Å². The number of rotatable bonds is 9. The van der Waals surface area contributed by atoms with E-state index in [4.69, 9.17) is 4.74 Å². The molecule has 4 rings (SSSR count). The molecule has 1 unspecified atom stereocenters. The largest absolute Gasteiger partial charge is 0.416 e. The van der Waals surface area contributed by atoms with Gasteiger partial charge in [0.1, 0.15) is 0 Å². The highest BCUT2D eigenvalue weighted by Gasteiger charge is 2.30. The SMILES string of the molecule is CC1CN(CCNc2nc(N/N=C/c3ccc(Nc4cccc(C(F)(F)F)c4)cn3)ncc2F)CCO1. The molecule has 3 aromatic rings. The van der Waals surface area contributed by atoms with E-state index in [1.54, 1.807) is 12.1 Å². The van der Waals surface area contributed by atoms with E-state index in [0.717, 1.165) is 38.0 Å². The highest BCUT2D eigenvalue weighted by Crippen LogP contribution is 2.31. The third-order valence-electron chi connectivity index (χ3n) is 5.42. The summed E-state index contributed by atoms with van der Waals surface area (Å²) in [6, 6.07) is 8.17. The number of hydrazone groups is 1. The van der Waals surface area contributed by atoms with Crippen LogP contribution in [0.4, 0.5) is 40.7 Å². The fraction of sp³-hybridized carbons (Fsp3) is 0.333. The molecule has 3 heterocycles. The number of hydrogen-bond donors (Lipinski definition) is 3. The number of ether oxygens (including phenoxy) is 1. The van der Waals surface area contributed by atoms with Crippen molar-refractivity contribution in [3.05, 3.63) is 65.9 Å². The number of benzene rings is 1. The van der Waals surface area contributed by atoms with Crippen molar-refractivity contribution in [2.24, 2.45) is 5.10 Å². The number of nitrogens with zero attached hydrogens (tertiary/aromatic N) is 5. The first-order valence-corrected chi connectivity index (χ1v) is 11.6. The second-order valence-corrected chi connectivity index (χ2v) is 8.34. The summed E-state index contributed by atoms with van der Waals surface area (Å²) in [4.78, 5) is 14.4. The number of hydrogen-bond acceptors (Lipinski definition) is 9. The molecule has 1 aromatic carbocycles. The van der Waals surface area contributed by atoms with Gasteiger partial charge < -0.3 is 15.4 Å². The maximum absolute atomic E-state index is 14.1. The summed E-state index contributed by atoms with van der Waals surface area (Å²) in [5.41, 5.74) is 3.16. The van der Waals surface area contributed by atoms with Gasteiger partial charge in [-0.25, -0.2) is 14.8 Å². The van der Waals surface area contributed by atoms with Crippen molar-refractivity contribution in [2.75, 3.05) is 48.8 Å². The van der Waals surface area contributed by atoms with Gasteiger partial charge in [-0.1, -0.05) is 6.07 Å². The zero-order valence-corrected chi connectivity index (χ0v) is 20.0. The molecule has 37 heavy (non-hydrogen) atoms. The van der Waals surface area contributed by atoms with Gasteiger partial charge >= 0.3 is 6.18 Å². The molecule has 1 atom stereocenters. The topological polar surface area (TPSA) is 99.6 Å². The summed E-state index contributed by atoms with van der Waals surface area (Å²) in [7, 11) is 0. The second kappa shape index (κ2) is 11.9. The molecular weight excluding hydrogens is 492 g/mol. The number of alkyl halides is 3. The van der Waals surface area contributed by atoms with Crippen LogP contribution < -0.4 is 16.1 Å². The zero-order valence-electron chi connectivity index (χ0n) is 20.0. The fourth-order valence-corrected chi connectivity index (χ4v) is 3.62. The number of morpholine rings is 1. The first-order chi connectivity index (χ1) is 17.8. The minimum absolute atomic E-state index is 0.0668. The van der Waals surface area contributed by atoms with Gasteiger partial charge in [0, 0.05) is 31.9 Å². The Kier molecular flexibility index (Phi) is 8.46. The van der Waals surface area contributed by atoms with Gasteiger partial charge in [0.2, 0.25) is 5.95 Å². The Bertz CT molecular complexity index is 1210. The number of aromatic nitrogens is 3. The minimum Gasteiger partial charge on any atom is -0.376 e. The lowest BCUT2D eigenvalue weighted by atomic mass is 10.2. The van der Waals surface area contributed by atoms with Crippen LogP contribution in [0.2, 0.25) is 0 Å². The summed E-state index contributed by atoms with van der Waals surface area (Å²) < 4.78 is 58.3. The fourth-order valence-electron chi connectivity index (χ4n) is 3.62. The highest BCUT2D eigenvalue weighted by molar-refractivity contribution is 5.78. The number of anilines is 4. The lowest BCUT2D eigenvalue weighted by molar-refractivity contribution is -0.137. The van der Waals surface area contributed by atoms with E-state index in [0.29, 0.717) is 24.5 Å². The minimum atomic E-state index is -4.42. The molecule has 0 aliphatic carbocycles. The van der Waals surface area contributed by atoms with Crippen molar-refractivity contribution < 1.29 is 22.3 Å². The molecule has 1 aliphatic heterocycles. The predicted octanol–water partition coefficient (Wildman–Crippen LogP) is 4.35. The zero-order chi connectivity index (χ0) is 26.3. The maximum atomic E-state index is 14.1. The van der Waals surface area contributed by atoms with Gasteiger partial charge in [-0.05, 0) is 37.3 Å². The molecule has 3 N–H and O–H groups in total. The average molecular weight is 519 g/mol. The van der Waals surface area contributed by atoms with Crippen LogP contribution in [0.25, 0.3) is 0 Å². The predicted molar refractivity (Wildman–Crippen MR) is 133 cm³/mol. The molecule has 0 spiro atoms. The van der Waals surface area contributed by atoms with Gasteiger partial charge in [-0.15, -0.1) is 0 Å². The van der Waals surface area contributed by atoms with Crippen LogP contribution in [-0.2, 0) is 10.9 Å². The monoisotopic (exact) mass is 518 g/mol. The molecule has 0 amide bonds. The molecule has 0 radical (unpaired) electrons. The molecule has 0 bridgehead atoms. The Hall–Kier alpha value is -3.84. The Balaban J connectivity index is 1.28. The smallest absolute Gasteiger partial charge is 0.376 e. The van der Waals surface area contributed by atoms with E-state index < -0.39 is 17.6 Å². The van der Waals surface area contributed by atoms with Crippen molar-refractivity contribution in [3.8, 4) is 0 Å². The summed E-state index contributed by atoms with van der Waals surface area (Å²) >= 11 is 0. The standard InChI is InChI=1S/C24H26F4N8O/c1-16-15-36(9-10-37-16)8-7-29-22-21(25)14-31-23(34-22)35-32-13-19-5-6-20(12-30-19)33-18-4-2-3-17(11-18)24(26,27)28/h2-6,11-14,16,33H,7-10,15H2,1H3,(H2,29,31,34,35)/b32-13+. The number of nitrogens with one attached hydrogen (secondary N) is 3. The molecule has 0 saturated carbocycles. The Morgan fingerprint density at radius 1 is 1.16 bits per heavy atom. The Morgan fingerprint density at radius 2 is 2.03 bits per heavy atom. The molecule has 9 nitrogen and oxygen atoms in total. The molecule has 1 saturated heterocycles. The summed E-state index contributed by atoms with van der Waals surface area (Å²) in [5.74, 6) is -0.407. The number of halogens is 4. The normalized spacial score (nSPS) is 16.6. The second-order valence-electron chi connectivity index (χ2n) is 8.34. The van der Waals surface area contributed by atoms with E-state index in [9.17, 15) is 17.6 Å². The van der Waals surface area contributed by atoms with E-state index in [2.05, 4.69) is 41.0 Å². The van der Waals surface area contributed by atoms with Gasteiger partial charge in [-0.2, -0.15) is 23.3 Å². The van der Waals surface area contributed by atoms with Crippen LogP contribution in [0.5, 0.6) is 0 Å². The average Bonchev–Trinajstić information content (AvgIpc) is 2.87. The maximum Gasteiger partial charge on any atom is 0.416 e. The van der Waals surface area contributed by atoms with Gasteiger partial charge in [0.05, 0.1) is 48.3 Å². The lowest BCUT2D eigenvalue weighted by Gasteiger charge is -2.31. The van der Waals surface area contributed by atoms with Crippen molar-refractivity contribution in [1.29, 1.82) is 0 Å². The van der Waals surface area contributed by atoms with E-state index in [1.807, 2.05) is 6.92 Å². The van der Waals surface area contributed by atoms with Crippen molar-refractivity contribution in [1.82, 2.24) is 19.9 Å². The van der Waals surface area contributed by atoms with Gasteiger partial charge in [0.15, 0.2) is 11.6 Å². The van der Waals surface area contributed by atoms with Crippen molar-refractivity contribution >= 4 is 29.4 Å². The van der Waals surface area contributed by atoms with Crippen LogP contribution in [0.15, 0.2) is 53.9 Å². The molecule has 13 heteroatoms.